The molecule has 2 aromatic carbocycles. The molecule has 2 aromatic rings. The normalized spacial score (nSPS) is 9.95. The number of anilines is 1. The highest BCUT2D eigenvalue weighted by Gasteiger charge is 2.10. The summed E-state index contributed by atoms with van der Waals surface area (Å²) in [4.78, 5) is 11.8. The summed E-state index contributed by atoms with van der Waals surface area (Å²) in [6.07, 6.45) is 0. The number of ether oxygens (including phenoxy) is 1. The number of esters is 1. The number of carbonyl (C=O) groups excluding carboxylic acids is 1. The Balaban J connectivity index is 2.07. The Morgan fingerprint density at radius 3 is 2.76 bits per heavy atom. The standard InChI is InChI=1S/C15H10ClFN2O2/c16-12-3-2-10(6-14(12)19)15(20)21-8-9-1-4-13(17)11(5-9)7-18/h1-6H,8,19H2. The molecule has 2 N–H and O–H groups in total. The van der Waals surface area contributed by atoms with E-state index in [1.54, 1.807) is 6.07 Å². The second-order valence-corrected chi connectivity index (χ2v) is 4.65. The minimum Gasteiger partial charge on any atom is -0.457 e. The quantitative estimate of drug-likeness (QED) is 0.697. The first-order valence-corrected chi connectivity index (χ1v) is 6.29. The third-order valence-electron chi connectivity index (χ3n) is 2.75. The SMILES string of the molecule is N#Cc1cc(COC(=O)c2ccc(Cl)c(N)c2)ccc1F. The maximum Gasteiger partial charge on any atom is 0.338 e. The van der Waals surface area contributed by atoms with Crippen LogP contribution in [0.25, 0.3) is 0 Å². The molecule has 4 nitrogen and oxygen atoms in total. The van der Waals surface area contributed by atoms with Crippen LogP contribution < -0.4 is 5.73 Å². The predicted molar refractivity (Wildman–Crippen MR) is 76.1 cm³/mol. The van der Waals surface area contributed by atoms with Crippen molar-refractivity contribution in [3.05, 3.63) is 63.9 Å². The summed E-state index contributed by atoms with van der Waals surface area (Å²) in [5, 5.41) is 9.08. The van der Waals surface area contributed by atoms with E-state index in [1.165, 1.54) is 30.3 Å². The van der Waals surface area contributed by atoms with Crippen molar-refractivity contribution in [2.75, 3.05) is 5.73 Å². The number of carbonyl (C=O) groups is 1. The fourth-order valence-corrected chi connectivity index (χ4v) is 1.77. The van der Waals surface area contributed by atoms with Gasteiger partial charge in [-0.15, -0.1) is 0 Å². The van der Waals surface area contributed by atoms with Gasteiger partial charge >= 0.3 is 5.97 Å². The van der Waals surface area contributed by atoms with Gasteiger partial charge in [0.1, 0.15) is 18.5 Å². The molecule has 0 aliphatic heterocycles. The van der Waals surface area contributed by atoms with E-state index in [4.69, 9.17) is 27.3 Å². The Hall–Kier alpha value is -2.58. The lowest BCUT2D eigenvalue weighted by atomic mass is 10.1. The van der Waals surface area contributed by atoms with Gasteiger partial charge in [0, 0.05) is 0 Å². The van der Waals surface area contributed by atoms with Gasteiger partial charge in [0.2, 0.25) is 0 Å². The van der Waals surface area contributed by atoms with Crippen molar-refractivity contribution < 1.29 is 13.9 Å². The van der Waals surface area contributed by atoms with Gasteiger partial charge < -0.3 is 10.5 Å². The molecule has 2 rings (SSSR count). The van der Waals surface area contributed by atoms with E-state index < -0.39 is 11.8 Å². The Morgan fingerprint density at radius 1 is 1.33 bits per heavy atom. The van der Waals surface area contributed by atoms with Crippen molar-refractivity contribution in [2.45, 2.75) is 6.61 Å². The van der Waals surface area contributed by atoms with Gasteiger partial charge in [-0.05, 0) is 35.9 Å². The fraction of sp³-hybridized carbons (Fsp3) is 0.0667. The highest BCUT2D eigenvalue weighted by Crippen LogP contribution is 2.20. The second-order valence-electron chi connectivity index (χ2n) is 4.24. The third kappa shape index (κ3) is 3.50. The first-order chi connectivity index (χ1) is 10.0. The third-order valence-corrected chi connectivity index (χ3v) is 3.10. The molecule has 0 unspecified atom stereocenters. The van der Waals surface area contributed by atoms with E-state index >= 15 is 0 Å². The predicted octanol–water partition coefficient (Wildman–Crippen LogP) is 3.29. The number of nitriles is 1. The van der Waals surface area contributed by atoms with Gasteiger partial charge in [-0.25, -0.2) is 9.18 Å². The van der Waals surface area contributed by atoms with Crippen LogP contribution in [0, 0.1) is 17.1 Å². The minimum absolute atomic E-state index is 0.0731. The van der Waals surface area contributed by atoms with E-state index in [1.807, 2.05) is 0 Å². The molecule has 6 heteroatoms. The summed E-state index contributed by atoms with van der Waals surface area (Å²) in [5.41, 5.74) is 6.56. The maximum absolute atomic E-state index is 13.2. The molecule has 0 fully saturated rings. The highest BCUT2D eigenvalue weighted by molar-refractivity contribution is 6.33. The van der Waals surface area contributed by atoms with Gasteiger partial charge in [0.15, 0.2) is 0 Å². The van der Waals surface area contributed by atoms with Crippen molar-refractivity contribution in [3.63, 3.8) is 0 Å². The lowest BCUT2D eigenvalue weighted by Crippen LogP contribution is -2.06. The first kappa shape index (κ1) is 14.8. The molecule has 106 valence electrons. The number of rotatable bonds is 3. The maximum atomic E-state index is 13.2. The molecular weight excluding hydrogens is 295 g/mol. The molecule has 0 radical (unpaired) electrons. The van der Waals surface area contributed by atoms with E-state index in [9.17, 15) is 9.18 Å². The van der Waals surface area contributed by atoms with Gasteiger partial charge in [-0.1, -0.05) is 17.7 Å². The molecular formula is C15H10ClFN2O2. The van der Waals surface area contributed by atoms with Crippen molar-refractivity contribution in [2.24, 2.45) is 0 Å². The Morgan fingerprint density at radius 2 is 2.10 bits per heavy atom. The molecule has 0 aliphatic rings. The van der Waals surface area contributed by atoms with Crippen LogP contribution >= 0.6 is 11.6 Å². The monoisotopic (exact) mass is 304 g/mol. The van der Waals surface area contributed by atoms with Crippen LogP contribution in [0.1, 0.15) is 21.5 Å². The van der Waals surface area contributed by atoms with Crippen molar-refractivity contribution in [1.29, 1.82) is 5.26 Å². The number of halogens is 2. The molecule has 0 aromatic heterocycles. The van der Waals surface area contributed by atoms with Gasteiger partial charge in [0.05, 0.1) is 21.8 Å². The second kappa shape index (κ2) is 6.25. The van der Waals surface area contributed by atoms with Crippen LogP contribution in [0.3, 0.4) is 0 Å². The smallest absolute Gasteiger partial charge is 0.338 e. The number of nitrogens with zero attached hydrogens (tertiary/aromatic N) is 1. The number of nitrogens with two attached hydrogens (primary N) is 1. The lowest BCUT2D eigenvalue weighted by Gasteiger charge is -2.07. The minimum atomic E-state index is -0.613. The van der Waals surface area contributed by atoms with Crippen LogP contribution in [0.2, 0.25) is 5.02 Å². The largest absolute Gasteiger partial charge is 0.457 e. The molecule has 0 amide bonds. The van der Waals surface area contributed by atoms with E-state index in [-0.39, 0.29) is 23.4 Å². The zero-order valence-corrected chi connectivity index (χ0v) is 11.5. The lowest BCUT2D eigenvalue weighted by molar-refractivity contribution is 0.0472. The average molecular weight is 305 g/mol. The average Bonchev–Trinajstić information content (AvgIpc) is 2.48. The zero-order valence-electron chi connectivity index (χ0n) is 10.8. The van der Waals surface area contributed by atoms with Crippen molar-refractivity contribution in [1.82, 2.24) is 0 Å². The van der Waals surface area contributed by atoms with Gasteiger partial charge in [0.25, 0.3) is 0 Å². The summed E-state index contributed by atoms with van der Waals surface area (Å²) in [7, 11) is 0. The highest BCUT2D eigenvalue weighted by atomic mass is 35.5. The molecule has 0 saturated carbocycles. The zero-order chi connectivity index (χ0) is 15.4. The fourth-order valence-electron chi connectivity index (χ4n) is 1.65. The van der Waals surface area contributed by atoms with Crippen molar-refractivity contribution >= 4 is 23.3 Å². The molecule has 0 heterocycles. The van der Waals surface area contributed by atoms with Gasteiger partial charge in [-0.2, -0.15) is 5.26 Å². The number of benzene rings is 2. The molecule has 0 aliphatic carbocycles. The Bertz CT molecular complexity index is 741. The van der Waals surface area contributed by atoms with Crippen LogP contribution in [0.15, 0.2) is 36.4 Å². The molecule has 0 atom stereocenters. The Labute approximate surface area is 125 Å². The van der Waals surface area contributed by atoms with E-state index in [0.717, 1.165) is 6.07 Å². The van der Waals surface area contributed by atoms with Crippen LogP contribution in [-0.4, -0.2) is 5.97 Å². The van der Waals surface area contributed by atoms with E-state index in [0.29, 0.717) is 10.6 Å². The number of nitrogen functional groups attached to an aromatic ring is 1. The molecule has 0 saturated heterocycles. The summed E-state index contributed by atoms with van der Waals surface area (Å²) >= 11 is 5.76. The summed E-state index contributed by atoms with van der Waals surface area (Å²) in [5.74, 6) is -1.20. The van der Waals surface area contributed by atoms with Crippen LogP contribution in [-0.2, 0) is 11.3 Å². The van der Waals surface area contributed by atoms with Gasteiger partial charge in [-0.3, -0.25) is 0 Å². The number of hydrogen-bond donors (Lipinski definition) is 1. The summed E-state index contributed by atoms with van der Waals surface area (Å²) < 4.78 is 18.2. The summed E-state index contributed by atoms with van der Waals surface area (Å²) in [6, 6.07) is 10.1. The van der Waals surface area contributed by atoms with Crippen molar-refractivity contribution in [3.8, 4) is 6.07 Å². The number of hydrogen-bond acceptors (Lipinski definition) is 4. The molecule has 21 heavy (non-hydrogen) atoms. The van der Waals surface area contributed by atoms with Crippen LogP contribution in [0.4, 0.5) is 10.1 Å². The Kier molecular flexibility index (Phi) is 4.41. The molecule has 0 spiro atoms. The van der Waals surface area contributed by atoms with Crippen LogP contribution in [0.5, 0.6) is 0 Å². The topological polar surface area (TPSA) is 76.1 Å². The van der Waals surface area contributed by atoms with E-state index in [2.05, 4.69) is 0 Å². The molecule has 0 bridgehead atoms. The first-order valence-electron chi connectivity index (χ1n) is 5.92. The summed E-state index contributed by atoms with van der Waals surface area (Å²) in [6.45, 7) is -0.0731.